The van der Waals surface area contributed by atoms with E-state index >= 15 is 0 Å². The molecule has 1 atom stereocenters. The van der Waals surface area contributed by atoms with Crippen molar-refractivity contribution in [2.24, 2.45) is 0 Å². The van der Waals surface area contributed by atoms with E-state index in [-0.39, 0.29) is 0 Å². The number of fused-ring (bicyclic) bond motifs is 1. The summed E-state index contributed by atoms with van der Waals surface area (Å²) in [7, 11) is 0. The molecule has 0 radical (unpaired) electrons. The summed E-state index contributed by atoms with van der Waals surface area (Å²) < 4.78 is 11.0. The molecule has 0 fully saturated rings. The number of hydrogen-bond acceptors (Lipinski definition) is 4. The third-order valence-corrected chi connectivity index (χ3v) is 2.88. The first kappa shape index (κ1) is 12.2. The molecule has 0 bridgehead atoms. The first-order valence-corrected chi connectivity index (χ1v) is 5.97. The van der Waals surface area contributed by atoms with Crippen molar-refractivity contribution in [3.8, 4) is 11.5 Å². The van der Waals surface area contributed by atoms with Gasteiger partial charge in [0.15, 0.2) is 11.5 Å². The monoisotopic (exact) mass is 237 g/mol. The second-order valence-electron chi connectivity index (χ2n) is 4.41. The fraction of sp³-hybridized carbons (Fsp3) is 0.538. The predicted molar refractivity (Wildman–Crippen MR) is 65.5 cm³/mol. The summed E-state index contributed by atoms with van der Waals surface area (Å²) in [5.41, 5.74) is -0.0611. The van der Waals surface area contributed by atoms with Gasteiger partial charge < -0.3 is 19.9 Å². The summed E-state index contributed by atoms with van der Waals surface area (Å²) in [5, 5.41) is 13.5. The molecule has 4 heteroatoms. The Labute approximate surface area is 102 Å². The average molecular weight is 237 g/mol. The molecule has 17 heavy (non-hydrogen) atoms. The third kappa shape index (κ3) is 2.70. The summed E-state index contributed by atoms with van der Waals surface area (Å²) >= 11 is 0. The van der Waals surface area contributed by atoms with Crippen LogP contribution in [0.25, 0.3) is 0 Å². The number of ether oxygens (including phenoxy) is 2. The second kappa shape index (κ2) is 4.94. The summed E-state index contributed by atoms with van der Waals surface area (Å²) in [5.74, 6) is 1.46. The third-order valence-electron chi connectivity index (χ3n) is 2.88. The Hall–Kier alpha value is -1.26. The smallest absolute Gasteiger partial charge is 0.161 e. The highest BCUT2D eigenvalue weighted by Gasteiger charge is 2.24. The van der Waals surface area contributed by atoms with Crippen LogP contribution in [0.1, 0.15) is 19.4 Å². The van der Waals surface area contributed by atoms with E-state index in [0.29, 0.717) is 25.5 Å². The van der Waals surface area contributed by atoms with Gasteiger partial charge in [0.1, 0.15) is 13.2 Å². The van der Waals surface area contributed by atoms with Crippen molar-refractivity contribution in [1.29, 1.82) is 0 Å². The number of hydrogen-bond donors (Lipinski definition) is 2. The van der Waals surface area contributed by atoms with Gasteiger partial charge in [0.05, 0.1) is 5.60 Å². The van der Waals surface area contributed by atoms with Gasteiger partial charge in [0.2, 0.25) is 0 Å². The lowest BCUT2D eigenvalue weighted by Gasteiger charge is -2.26. The molecule has 1 aromatic carbocycles. The minimum atomic E-state index is -0.897. The lowest BCUT2D eigenvalue weighted by Crippen LogP contribution is -2.35. The van der Waals surface area contributed by atoms with Crippen molar-refractivity contribution >= 4 is 0 Å². The lowest BCUT2D eigenvalue weighted by molar-refractivity contribution is 0.0569. The van der Waals surface area contributed by atoms with E-state index in [1.165, 1.54) is 0 Å². The first-order valence-electron chi connectivity index (χ1n) is 5.97. The fourth-order valence-corrected chi connectivity index (χ4v) is 1.85. The SMILES string of the molecule is CCNCC(C)(O)c1ccc2c(c1)OCCO2. The zero-order valence-electron chi connectivity index (χ0n) is 10.3. The Balaban J connectivity index is 2.20. The average Bonchev–Trinajstić information content (AvgIpc) is 2.36. The minimum absolute atomic E-state index is 0.517. The van der Waals surface area contributed by atoms with Crippen LogP contribution in [0.15, 0.2) is 18.2 Å². The highest BCUT2D eigenvalue weighted by molar-refractivity contribution is 5.45. The predicted octanol–water partition coefficient (Wildman–Crippen LogP) is 1.27. The Bertz CT molecular complexity index is 390. The maximum Gasteiger partial charge on any atom is 0.161 e. The van der Waals surface area contributed by atoms with Gasteiger partial charge in [-0.15, -0.1) is 0 Å². The van der Waals surface area contributed by atoms with Gasteiger partial charge in [-0.1, -0.05) is 13.0 Å². The van der Waals surface area contributed by atoms with Gasteiger partial charge >= 0.3 is 0 Å². The van der Waals surface area contributed by atoms with Crippen LogP contribution in [0.2, 0.25) is 0 Å². The molecular weight excluding hydrogens is 218 g/mol. The largest absolute Gasteiger partial charge is 0.486 e. The van der Waals surface area contributed by atoms with Crippen LogP contribution in [0.5, 0.6) is 11.5 Å². The minimum Gasteiger partial charge on any atom is -0.486 e. The number of nitrogens with one attached hydrogen (secondary N) is 1. The molecule has 0 aliphatic carbocycles. The summed E-state index contributed by atoms with van der Waals surface area (Å²) in [6.45, 7) is 6.30. The molecule has 4 nitrogen and oxygen atoms in total. The van der Waals surface area contributed by atoms with Crippen LogP contribution < -0.4 is 14.8 Å². The summed E-state index contributed by atoms with van der Waals surface area (Å²) in [4.78, 5) is 0. The van der Waals surface area contributed by atoms with Crippen molar-refractivity contribution in [2.75, 3.05) is 26.3 Å². The van der Waals surface area contributed by atoms with Gasteiger partial charge in [0, 0.05) is 6.54 Å². The van der Waals surface area contributed by atoms with Gasteiger partial charge in [-0.25, -0.2) is 0 Å². The van der Waals surface area contributed by atoms with Crippen molar-refractivity contribution in [3.05, 3.63) is 23.8 Å². The number of likely N-dealkylation sites (N-methyl/N-ethyl adjacent to an activating group) is 1. The topological polar surface area (TPSA) is 50.7 Å². The van der Waals surface area contributed by atoms with Crippen molar-refractivity contribution in [3.63, 3.8) is 0 Å². The Morgan fingerprint density at radius 2 is 2.00 bits per heavy atom. The Morgan fingerprint density at radius 1 is 1.29 bits per heavy atom. The van der Waals surface area contributed by atoms with Crippen molar-refractivity contribution < 1.29 is 14.6 Å². The fourth-order valence-electron chi connectivity index (χ4n) is 1.85. The van der Waals surface area contributed by atoms with Gasteiger partial charge in [-0.3, -0.25) is 0 Å². The molecule has 0 saturated heterocycles. The van der Waals surface area contributed by atoms with E-state index in [1.807, 2.05) is 25.1 Å². The van der Waals surface area contributed by atoms with E-state index in [2.05, 4.69) is 5.32 Å². The molecule has 0 aromatic heterocycles. The maximum atomic E-state index is 10.4. The molecule has 2 rings (SSSR count). The second-order valence-corrected chi connectivity index (χ2v) is 4.41. The quantitative estimate of drug-likeness (QED) is 0.828. The van der Waals surface area contributed by atoms with E-state index in [0.717, 1.165) is 17.9 Å². The molecule has 1 aromatic rings. The van der Waals surface area contributed by atoms with E-state index in [4.69, 9.17) is 9.47 Å². The molecule has 94 valence electrons. The highest BCUT2D eigenvalue weighted by Crippen LogP contribution is 2.34. The molecule has 1 aliphatic heterocycles. The normalized spacial score (nSPS) is 17.6. The van der Waals surface area contributed by atoms with Crippen molar-refractivity contribution in [2.45, 2.75) is 19.4 Å². The Morgan fingerprint density at radius 3 is 2.71 bits per heavy atom. The van der Waals surface area contributed by atoms with Crippen LogP contribution in [0, 0.1) is 0 Å². The molecule has 0 saturated carbocycles. The molecule has 1 heterocycles. The van der Waals surface area contributed by atoms with Crippen LogP contribution in [-0.2, 0) is 5.60 Å². The summed E-state index contributed by atoms with van der Waals surface area (Å²) in [6.07, 6.45) is 0. The number of rotatable bonds is 4. The van der Waals surface area contributed by atoms with Crippen LogP contribution >= 0.6 is 0 Å². The van der Waals surface area contributed by atoms with Gasteiger partial charge in [-0.05, 0) is 31.2 Å². The van der Waals surface area contributed by atoms with Crippen LogP contribution in [0.3, 0.4) is 0 Å². The first-order chi connectivity index (χ1) is 8.13. The van der Waals surface area contributed by atoms with Gasteiger partial charge in [-0.2, -0.15) is 0 Å². The molecule has 1 aliphatic rings. The highest BCUT2D eigenvalue weighted by atomic mass is 16.6. The zero-order valence-corrected chi connectivity index (χ0v) is 10.3. The summed E-state index contributed by atoms with van der Waals surface area (Å²) in [6, 6.07) is 5.58. The zero-order chi connectivity index (χ0) is 12.3. The van der Waals surface area contributed by atoms with Crippen LogP contribution in [0.4, 0.5) is 0 Å². The standard InChI is InChI=1S/C13H19NO3/c1-3-14-9-13(2,15)10-4-5-11-12(8-10)17-7-6-16-11/h4-5,8,14-15H,3,6-7,9H2,1-2H3. The molecule has 0 spiro atoms. The number of aliphatic hydroxyl groups is 1. The van der Waals surface area contributed by atoms with Crippen LogP contribution in [-0.4, -0.2) is 31.4 Å². The Kier molecular flexibility index (Phi) is 3.54. The van der Waals surface area contributed by atoms with E-state index < -0.39 is 5.60 Å². The maximum absolute atomic E-state index is 10.4. The molecule has 0 amide bonds. The van der Waals surface area contributed by atoms with E-state index in [9.17, 15) is 5.11 Å². The van der Waals surface area contributed by atoms with E-state index in [1.54, 1.807) is 6.92 Å². The number of benzene rings is 1. The van der Waals surface area contributed by atoms with Crippen molar-refractivity contribution in [1.82, 2.24) is 5.32 Å². The lowest BCUT2D eigenvalue weighted by atomic mass is 9.95. The molecule has 1 unspecified atom stereocenters. The molecule has 2 N–H and O–H groups in total. The molecular formula is C13H19NO3. The van der Waals surface area contributed by atoms with Gasteiger partial charge in [0.25, 0.3) is 0 Å².